The van der Waals surface area contributed by atoms with Gasteiger partial charge in [0.05, 0.1) is 6.54 Å². The van der Waals surface area contributed by atoms with E-state index in [0.717, 1.165) is 0 Å². The molecule has 1 amide bonds. The van der Waals surface area contributed by atoms with Gasteiger partial charge in [-0.3, -0.25) is 0 Å². The van der Waals surface area contributed by atoms with Gasteiger partial charge in [-0.1, -0.05) is 25.6 Å². The normalized spacial score (nSPS) is 32.4. The summed E-state index contributed by atoms with van der Waals surface area (Å²) >= 11 is 0. The fourth-order valence-electron chi connectivity index (χ4n) is 1.86. The first-order valence-electron chi connectivity index (χ1n) is 5.52. The van der Waals surface area contributed by atoms with Gasteiger partial charge in [0.25, 0.3) is 0 Å². The topological polar surface area (TPSA) is 53.1 Å². The van der Waals surface area contributed by atoms with Crippen LogP contribution in [0.15, 0.2) is 0 Å². The van der Waals surface area contributed by atoms with E-state index in [0.29, 0.717) is 19.5 Å². The predicted molar refractivity (Wildman–Crippen MR) is 62.9 cm³/mol. The van der Waals surface area contributed by atoms with Crippen molar-refractivity contribution in [2.24, 2.45) is 0 Å². The number of fused-ring (bicyclic) bond motifs is 1. The van der Waals surface area contributed by atoms with E-state index < -0.39 is 14.2 Å². The van der Waals surface area contributed by atoms with Crippen LogP contribution < -0.4 is 0 Å². The van der Waals surface area contributed by atoms with Crippen LogP contribution in [0.5, 0.6) is 0 Å². The van der Waals surface area contributed by atoms with Gasteiger partial charge in [0.2, 0.25) is 0 Å². The molecule has 0 bridgehead atoms. The van der Waals surface area contributed by atoms with E-state index in [1.54, 1.807) is 0 Å². The summed E-state index contributed by atoms with van der Waals surface area (Å²) in [5.41, 5.74) is 3.00. The number of carbonyl (C=O) groups is 1. The molecule has 2 unspecified atom stereocenters. The molecule has 0 aromatic heterocycles. The first-order valence-corrected chi connectivity index (χ1v) is 9.02. The van der Waals surface area contributed by atoms with Crippen molar-refractivity contribution in [2.75, 3.05) is 13.1 Å². The number of piperidine rings is 1. The van der Waals surface area contributed by atoms with Gasteiger partial charge < -0.3 is 14.7 Å². The quantitative estimate of drug-likeness (QED) is 0.395. The van der Waals surface area contributed by atoms with E-state index >= 15 is 0 Å². The van der Waals surface area contributed by atoms with E-state index in [4.69, 9.17) is 9.84 Å². The number of hydrogen-bond donors (Lipinski definition) is 1. The lowest BCUT2D eigenvalue weighted by molar-refractivity contribution is 0.138. The molecule has 0 aromatic carbocycles. The minimum absolute atomic E-state index is 0.00111. The van der Waals surface area contributed by atoms with Crippen LogP contribution in [0.4, 0.5) is 4.79 Å². The summed E-state index contributed by atoms with van der Waals surface area (Å²) in [4.78, 5) is 12.2. The Kier molecular flexibility index (Phi) is 2.52. The van der Waals surface area contributed by atoms with Gasteiger partial charge in [-0.25, -0.2) is 4.79 Å². The Hall–Kier alpha value is -0.993. The number of hydrogen-bond acceptors (Lipinski definition) is 2. The molecule has 4 nitrogen and oxygen atoms in total. The zero-order valence-electron chi connectivity index (χ0n) is 9.91. The molecule has 16 heavy (non-hydrogen) atoms. The van der Waals surface area contributed by atoms with Crippen LogP contribution in [0.1, 0.15) is 6.42 Å². The summed E-state index contributed by atoms with van der Waals surface area (Å²) in [5.74, 6) is 3.24. The Morgan fingerprint density at radius 2 is 2.25 bits per heavy atom. The largest absolute Gasteiger partial charge is 0.465 e. The Balaban J connectivity index is 2.01. The van der Waals surface area contributed by atoms with E-state index in [-0.39, 0.29) is 11.7 Å². The van der Waals surface area contributed by atoms with Gasteiger partial charge in [0.1, 0.15) is 14.2 Å². The van der Waals surface area contributed by atoms with Gasteiger partial charge in [-0.15, -0.1) is 5.54 Å². The summed E-state index contributed by atoms with van der Waals surface area (Å²) in [6, 6.07) is 0. The van der Waals surface area contributed by atoms with Crippen LogP contribution in [0.3, 0.4) is 0 Å². The number of rotatable bonds is 0. The molecule has 0 aliphatic carbocycles. The van der Waals surface area contributed by atoms with E-state index in [2.05, 4.69) is 31.1 Å². The average molecular weight is 239 g/mol. The lowest BCUT2D eigenvalue weighted by Crippen LogP contribution is -2.42. The average Bonchev–Trinajstić information content (AvgIpc) is 2.87. The molecule has 2 rings (SSSR count). The van der Waals surface area contributed by atoms with Crippen molar-refractivity contribution in [3.63, 3.8) is 0 Å². The summed E-state index contributed by atoms with van der Waals surface area (Å²) in [7, 11) is -1.37. The van der Waals surface area contributed by atoms with Crippen molar-refractivity contribution in [1.29, 1.82) is 0 Å². The first-order chi connectivity index (χ1) is 7.32. The van der Waals surface area contributed by atoms with Crippen LogP contribution in [0.25, 0.3) is 0 Å². The standard InChI is InChI=1S/C11H17NO3Si/c1-16(2,3)7-5-11-4-6-12(10(13)14)8-9(11)15-11/h9H,4,6,8H2,1-3H3,(H,13,14). The van der Waals surface area contributed by atoms with Gasteiger partial charge in [-0.2, -0.15) is 0 Å². The fraction of sp³-hybridized carbons (Fsp3) is 0.727. The maximum atomic E-state index is 10.8. The van der Waals surface area contributed by atoms with Crippen molar-refractivity contribution in [3.05, 3.63) is 0 Å². The third kappa shape index (κ3) is 2.23. The molecule has 88 valence electrons. The molecule has 0 radical (unpaired) electrons. The van der Waals surface area contributed by atoms with Crippen molar-refractivity contribution in [3.8, 4) is 11.5 Å². The molecular weight excluding hydrogens is 222 g/mol. The minimum atomic E-state index is -1.37. The maximum Gasteiger partial charge on any atom is 0.407 e. The van der Waals surface area contributed by atoms with Crippen LogP contribution in [-0.4, -0.2) is 49.0 Å². The Bertz CT molecular complexity index is 379. The van der Waals surface area contributed by atoms with Gasteiger partial charge in [0.15, 0.2) is 5.60 Å². The monoisotopic (exact) mass is 239 g/mol. The molecule has 2 aliphatic rings. The third-order valence-electron chi connectivity index (χ3n) is 2.87. The molecule has 5 heteroatoms. The number of nitrogens with zero attached hydrogens (tertiary/aromatic N) is 1. The molecule has 0 saturated carbocycles. The maximum absolute atomic E-state index is 10.8. The second kappa shape index (κ2) is 3.50. The predicted octanol–water partition coefficient (Wildman–Crippen LogP) is 1.39. The highest BCUT2D eigenvalue weighted by atomic mass is 28.3. The fourth-order valence-corrected chi connectivity index (χ4v) is 2.44. The Morgan fingerprint density at radius 1 is 1.56 bits per heavy atom. The van der Waals surface area contributed by atoms with Crippen molar-refractivity contribution in [1.82, 2.24) is 4.90 Å². The lowest BCUT2D eigenvalue weighted by atomic mass is 9.98. The highest BCUT2D eigenvalue weighted by molar-refractivity contribution is 6.83. The third-order valence-corrected chi connectivity index (χ3v) is 3.75. The highest BCUT2D eigenvalue weighted by Gasteiger charge is 2.59. The van der Waals surface area contributed by atoms with Crippen LogP contribution >= 0.6 is 0 Å². The zero-order valence-corrected chi connectivity index (χ0v) is 10.9. The van der Waals surface area contributed by atoms with Gasteiger partial charge >= 0.3 is 6.09 Å². The SMILES string of the molecule is C[Si](C)(C)C#CC12CCN(C(=O)O)CC1O2. The van der Waals surface area contributed by atoms with Crippen molar-refractivity contribution < 1.29 is 14.6 Å². The van der Waals surface area contributed by atoms with Gasteiger partial charge in [-0.05, 0) is 0 Å². The van der Waals surface area contributed by atoms with Crippen molar-refractivity contribution in [2.45, 2.75) is 37.8 Å². The molecule has 2 atom stereocenters. The number of epoxide rings is 1. The van der Waals surface area contributed by atoms with E-state index in [1.165, 1.54) is 4.90 Å². The summed E-state index contributed by atoms with van der Waals surface area (Å²) in [6.45, 7) is 7.59. The molecular formula is C11H17NO3Si. The minimum Gasteiger partial charge on any atom is -0.465 e. The number of amides is 1. The second-order valence-corrected chi connectivity index (χ2v) is 10.2. The number of carboxylic acid groups (broad SMARTS) is 1. The van der Waals surface area contributed by atoms with Crippen LogP contribution in [-0.2, 0) is 4.74 Å². The zero-order chi connectivity index (χ0) is 12.0. The first kappa shape index (κ1) is 11.5. The molecule has 2 aliphatic heterocycles. The molecule has 1 N–H and O–H groups in total. The summed E-state index contributed by atoms with van der Waals surface area (Å²) in [5, 5.41) is 8.86. The molecule has 2 saturated heterocycles. The number of likely N-dealkylation sites (tertiary alicyclic amines) is 1. The van der Waals surface area contributed by atoms with E-state index in [9.17, 15) is 4.79 Å². The second-order valence-electron chi connectivity index (χ2n) is 5.47. The molecule has 0 aromatic rings. The molecule has 2 fully saturated rings. The van der Waals surface area contributed by atoms with E-state index in [1.807, 2.05) is 0 Å². The Labute approximate surface area is 96.6 Å². The van der Waals surface area contributed by atoms with Crippen LogP contribution in [0.2, 0.25) is 19.6 Å². The smallest absolute Gasteiger partial charge is 0.407 e. The summed E-state index contributed by atoms with van der Waals surface area (Å²) < 4.78 is 5.58. The molecule has 0 spiro atoms. The molecule has 2 heterocycles. The number of ether oxygens (including phenoxy) is 1. The highest BCUT2D eigenvalue weighted by Crippen LogP contribution is 2.43. The summed E-state index contributed by atoms with van der Waals surface area (Å²) in [6.07, 6.45) is -0.148. The lowest BCUT2D eigenvalue weighted by Gasteiger charge is -2.23. The van der Waals surface area contributed by atoms with Crippen molar-refractivity contribution >= 4 is 14.2 Å². The van der Waals surface area contributed by atoms with Gasteiger partial charge in [0, 0.05) is 13.0 Å². The van der Waals surface area contributed by atoms with Crippen LogP contribution in [0, 0.1) is 11.5 Å². The Morgan fingerprint density at radius 3 is 2.75 bits per heavy atom.